The number of halogens is 2. The molecule has 4 heterocycles. The number of carbonyl (C=O) groups excluding carboxylic acids is 1. The first kappa shape index (κ1) is 34.5. The zero-order chi connectivity index (χ0) is 32.7. The van der Waals surface area contributed by atoms with Crippen molar-refractivity contribution < 1.29 is 32.5 Å². The van der Waals surface area contributed by atoms with Crippen LogP contribution in [0.25, 0.3) is 0 Å². The number of methoxy groups -OCH3 is 1. The van der Waals surface area contributed by atoms with Crippen molar-refractivity contribution in [2.75, 3.05) is 45.3 Å². The molecule has 0 spiro atoms. The van der Waals surface area contributed by atoms with E-state index in [1.165, 1.54) is 12.1 Å². The third-order valence-electron chi connectivity index (χ3n) is 9.22. The lowest BCUT2D eigenvalue weighted by Crippen LogP contribution is -2.38. The van der Waals surface area contributed by atoms with Gasteiger partial charge >= 0.3 is 5.97 Å². The Hall–Kier alpha value is -2.82. The number of ether oxygens (including phenoxy) is 4. The Labute approximate surface area is 272 Å². The number of likely N-dealkylation sites (tertiary alicyclic amines) is 1. The molecule has 254 valence electrons. The highest BCUT2D eigenvalue weighted by atomic mass is 19.1. The molecule has 1 aromatic carbocycles. The maximum absolute atomic E-state index is 15.7. The number of hydrogen-bond donors (Lipinski definition) is 1. The zero-order valence-electron chi connectivity index (χ0n) is 27.9. The highest BCUT2D eigenvalue weighted by Gasteiger charge is 2.39. The average molecular weight is 644 g/mol. The first-order chi connectivity index (χ1) is 22.1. The quantitative estimate of drug-likeness (QED) is 0.190. The van der Waals surface area contributed by atoms with Gasteiger partial charge in [-0.1, -0.05) is 12.5 Å². The number of benzene rings is 1. The summed E-state index contributed by atoms with van der Waals surface area (Å²) in [6, 6.07) is 5.67. The van der Waals surface area contributed by atoms with E-state index in [2.05, 4.69) is 5.32 Å². The van der Waals surface area contributed by atoms with Crippen molar-refractivity contribution in [2.24, 2.45) is 5.92 Å². The second kappa shape index (κ2) is 15.8. The summed E-state index contributed by atoms with van der Waals surface area (Å²) in [4.78, 5) is 20.5. The number of pyridine rings is 1. The van der Waals surface area contributed by atoms with Gasteiger partial charge in [-0.05, 0) is 102 Å². The normalized spacial score (nSPS) is 20.5. The van der Waals surface area contributed by atoms with Gasteiger partial charge in [0.2, 0.25) is 0 Å². The van der Waals surface area contributed by atoms with Gasteiger partial charge in [-0.2, -0.15) is 0 Å². The van der Waals surface area contributed by atoms with Gasteiger partial charge < -0.3 is 24.3 Å². The average Bonchev–Trinajstić information content (AvgIpc) is 3.52. The Balaban J connectivity index is 1.21. The van der Waals surface area contributed by atoms with Crippen molar-refractivity contribution in [2.45, 2.75) is 109 Å². The molecule has 10 heteroatoms. The molecule has 46 heavy (non-hydrogen) atoms. The molecule has 0 radical (unpaired) electrons. The number of aromatic nitrogens is 1. The fourth-order valence-electron chi connectivity index (χ4n) is 6.83. The van der Waals surface area contributed by atoms with Crippen LogP contribution >= 0.6 is 0 Å². The summed E-state index contributed by atoms with van der Waals surface area (Å²) in [5.74, 6) is 0.679. The number of esters is 1. The van der Waals surface area contributed by atoms with E-state index < -0.39 is 29.6 Å². The molecule has 1 aromatic heterocycles. The van der Waals surface area contributed by atoms with Gasteiger partial charge in [-0.25, -0.2) is 18.6 Å². The molecule has 2 aromatic rings. The molecule has 5 rings (SSSR count). The van der Waals surface area contributed by atoms with E-state index >= 15 is 4.39 Å². The monoisotopic (exact) mass is 643 g/mol. The van der Waals surface area contributed by atoms with E-state index in [0.717, 1.165) is 79.9 Å². The number of rotatable bonds is 13. The standard InChI is InChI=1S/C36H51F2N3O5/c1-36(2,3)46-35(42)33(30-20-26(37)12-11-25(30)23-45-28-14-18-44-19-15-28)41-17-13-24(22-41)31(38)10-6-5-8-27-21-32(43-4)29-9-7-16-39-34(29)40-27/h11-12,20-21,24,28,31,33H,5-10,13-19,22-23H2,1-4H3,(H,39,40)/t24-,31?,33?/m1/s1. The minimum Gasteiger partial charge on any atom is -0.496 e. The number of unbranched alkanes of at least 4 members (excludes halogenated alkanes) is 1. The molecule has 2 saturated heterocycles. The van der Waals surface area contributed by atoms with Crippen LogP contribution in [0.1, 0.15) is 94.1 Å². The van der Waals surface area contributed by atoms with Crippen LogP contribution < -0.4 is 10.1 Å². The maximum Gasteiger partial charge on any atom is 0.328 e. The molecule has 2 fully saturated rings. The van der Waals surface area contributed by atoms with Gasteiger partial charge in [0.05, 0.1) is 19.8 Å². The van der Waals surface area contributed by atoms with Crippen molar-refractivity contribution in [3.8, 4) is 5.75 Å². The van der Waals surface area contributed by atoms with Crippen molar-refractivity contribution in [1.29, 1.82) is 0 Å². The van der Waals surface area contributed by atoms with E-state index in [1.54, 1.807) is 13.2 Å². The summed E-state index contributed by atoms with van der Waals surface area (Å²) in [5, 5.41) is 3.38. The Morgan fingerprint density at radius 2 is 1.98 bits per heavy atom. The van der Waals surface area contributed by atoms with Gasteiger partial charge in [0.1, 0.15) is 35.2 Å². The van der Waals surface area contributed by atoms with Crippen molar-refractivity contribution in [3.05, 3.63) is 52.5 Å². The van der Waals surface area contributed by atoms with Crippen molar-refractivity contribution >= 4 is 11.8 Å². The number of carbonyl (C=O) groups is 1. The lowest BCUT2D eigenvalue weighted by atomic mass is 9.96. The molecule has 0 amide bonds. The first-order valence-corrected chi connectivity index (χ1v) is 17.0. The topological polar surface area (TPSA) is 82.2 Å². The molecule has 8 nitrogen and oxygen atoms in total. The van der Waals surface area contributed by atoms with Crippen LogP contribution in [0.3, 0.4) is 0 Å². The third kappa shape index (κ3) is 9.16. The number of nitrogens with zero attached hydrogens (tertiary/aromatic N) is 2. The lowest BCUT2D eigenvalue weighted by Gasteiger charge is -2.32. The van der Waals surface area contributed by atoms with Gasteiger partial charge in [-0.15, -0.1) is 0 Å². The Kier molecular flexibility index (Phi) is 11.9. The van der Waals surface area contributed by atoms with Crippen molar-refractivity contribution in [1.82, 2.24) is 9.88 Å². The molecule has 0 saturated carbocycles. The predicted octanol–water partition coefficient (Wildman–Crippen LogP) is 6.74. The second-order valence-corrected chi connectivity index (χ2v) is 13.9. The molecule has 3 aliphatic rings. The number of nitrogens with one attached hydrogen (secondary N) is 1. The summed E-state index contributed by atoms with van der Waals surface area (Å²) in [7, 11) is 1.69. The molecule has 2 unspecified atom stereocenters. The fraction of sp³-hybridized carbons (Fsp3) is 0.667. The van der Waals surface area contributed by atoms with E-state index in [9.17, 15) is 9.18 Å². The summed E-state index contributed by atoms with van der Waals surface area (Å²) in [6.45, 7) is 8.85. The smallest absolute Gasteiger partial charge is 0.328 e. The molecule has 0 aliphatic carbocycles. The van der Waals surface area contributed by atoms with Gasteiger partial charge in [0.15, 0.2) is 0 Å². The third-order valence-corrected chi connectivity index (χ3v) is 9.22. The zero-order valence-corrected chi connectivity index (χ0v) is 27.9. The van der Waals surface area contributed by atoms with E-state index in [1.807, 2.05) is 31.7 Å². The van der Waals surface area contributed by atoms with E-state index in [4.69, 9.17) is 23.9 Å². The van der Waals surface area contributed by atoms with Crippen LogP contribution in [0.15, 0.2) is 24.3 Å². The van der Waals surface area contributed by atoms with Gasteiger partial charge in [0, 0.05) is 49.5 Å². The number of anilines is 1. The minimum atomic E-state index is -0.999. The Morgan fingerprint density at radius 1 is 1.17 bits per heavy atom. The summed E-state index contributed by atoms with van der Waals surface area (Å²) < 4.78 is 53.5. The van der Waals surface area contributed by atoms with Crippen LogP contribution in [0, 0.1) is 11.7 Å². The summed E-state index contributed by atoms with van der Waals surface area (Å²) in [5.41, 5.74) is 2.63. The fourth-order valence-corrected chi connectivity index (χ4v) is 6.83. The highest BCUT2D eigenvalue weighted by molar-refractivity contribution is 5.78. The van der Waals surface area contributed by atoms with Crippen LogP contribution in [-0.4, -0.2) is 73.7 Å². The number of hydrogen-bond acceptors (Lipinski definition) is 8. The maximum atomic E-state index is 15.7. The number of aryl methyl sites for hydroxylation is 1. The van der Waals surface area contributed by atoms with Crippen LogP contribution in [-0.2, 0) is 38.5 Å². The molecule has 3 aliphatic heterocycles. The molecular weight excluding hydrogens is 592 g/mol. The SMILES string of the molecule is COc1cc(CCCCC(F)[C@@H]2CCN(C(C(=O)OC(C)(C)C)c3cc(F)ccc3COC3CCOCC3)C2)nc2c1CCCN2. The Morgan fingerprint density at radius 3 is 2.74 bits per heavy atom. The molecular formula is C36H51F2N3O5. The highest BCUT2D eigenvalue weighted by Crippen LogP contribution is 2.36. The molecule has 1 N–H and O–H groups in total. The van der Waals surface area contributed by atoms with Crippen molar-refractivity contribution in [3.63, 3.8) is 0 Å². The molecule has 3 atom stereocenters. The van der Waals surface area contributed by atoms with Gasteiger partial charge in [0.25, 0.3) is 0 Å². The van der Waals surface area contributed by atoms with Crippen LogP contribution in [0.5, 0.6) is 5.75 Å². The summed E-state index contributed by atoms with van der Waals surface area (Å²) in [6.07, 6.45) is 6.06. The molecule has 0 bridgehead atoms. The second-order valence-electron chi connectivity index (χ2n) is 13.9. The van der Waals surface area contributed by atoms with E-state index in [-0.39, 0.29) is 18.6 Å². The first-order valence-electron chi connectivity index (χ1n) is 17.0. The van der Waals surface area contributed by atoms with E-state index in [0.29, 0.717) is 44.7 Å². The van der Waals surface area contributed by atoms with Crippen LogP contribution in [0.2, 0.25) is 0 Å². The largest absolute Gasteiger partial charge is 0.496 e. The minimum absolute atomic E-state index is 0.0526. The lowest BCUT2D eigenvalue weighted by molar-refractivity contribution is -0.161. The van der Waals surface area contributed by atoms with Crippen LogP contribution in [0.4, 0.5) is 14.6 Å². The summed E-state index contributed by atoms with van der Waals surface area (Å²) >= 11 is 0. The van der Waals surface area contributed by atoms with Gasteiger partial charge in [-0.3, -0.25) is 4.90 Å². The predicted molar refractivity (Wildman–Crippen MR) is 173 cm³/mol. The Bertz CT molecular complexity index is 1300. The number of alkyl halides is 1. The number of fused-ring (bicyclic) bond motifs is 1.